The maximum absolute atomic E-state index is 11.7. The van der Waals surface area contributed by atoms with E-state index in [1.165, 1.54) is 13.1 Å². The maximum Gasteiger partial charge on any atom is 0.292 e. The van der Waals surface area contributed by atoms with Crippen LogP contribution in [0.15, 0.2) is 18.2 Å². The van der Waals surface area contributed by atoms with Crippen molar-refractivity contribution in [3.63, 3.8) is 0 Å². The number of anilines is 1. The summed E-state index contributed by atoms with van der Waals surface area (Å²) in [6.07, 6.45) is 1.54. The van der Waals surface area contributed by atoms with Gasteiger partial charge in [-0.2, -0.15) is 0 Å². The lowest BCUT2D eigenvalue weighted by Gasteiger charge is -2.26. The average Bonchev–Trinajstić information content (AvgIpc) is 2.86. The normalized spacial score (nSPS) is 19.0. The Morgan fingerprint density at radius 2 is 2.19 bits per heavy atom. The molecular weight excluding hydrogens is 294 g/mol. The van der Waals surface area contributed by atoms with E-state index < -0.39 is 14.9 Å². The second-order valence-electron chi connectivity index (χ2n) is 5.22. The van der Waals surface area contributed by atoms with Gasteiger partial charge in [0.15, 0.2) is 0 Å². The number of nitrogens with zero attached hydrogens (tertiary/aromatic N) is 2. The molecule has 1 aromatic carbocycles. The SMILES string of the molecule is CNS(=O)(=O)CC1CCCN1c1ccc(C)cc1[N+](=O)[O-]. The fourth-order valence-corrected chi connectivity index (χ4v) is 3.71. The molecule has 1 heterocycles. The average molecular weight is 313 g/mol. The predicted octanol–water partition coefficient (Wildman–Crippen LogP) is 1.42. The molecule has 0 bridgehead atoms. The standard InChI is InChI=1S/C13H19N3O4S/c1-10-5-6-12(13(8-10)16(17)18)15-7-3-4-11(15)9-21(19,20)14-2/h5-6,8,11,14H,3-4,7,9H2,1-2H3. The zero-order chi connectivity index (χ0) is 15.6. The van der Waals surface area contributed by atoms with Crippen LogP contribution in [0, 0.1) is 17.0 Å². The van der Waals surface area contributed by atoms with Gasteiger partial charge in [-0.05, 0) is 38.4 Å². The minimum atomic E-state index is -3.35. The van der Waals surface area contributed by atoms with Gasteiger partial charge in [-0.25, -0.2) is 13.1 Å². The van der Waals surface area contributed by atoms with E-state index >= 15 is 0 Å². The van der Waals surface area contributed by atoms with Crippen molar-refractivity contribution >= 4 is 21.4 Å². The van der Waals surface area contributed by atoms with Gasteiger partial charge in [-0.1, -0.05) is 6.07 Å². The van der Waals surface area contributed by atoms with Crippen molar-refractivity contribution in [2.75, 3.05) is 24.2 Å². The number of benzene rings is 1. The number of hydrogen-bond donors (Lipinski definition) is 1. The molecule has 0 aliphatic carbocycles. The third kappa shape index (κ3) is 3.51. The first-order valence-corrected chi connectivity index (χ1v) is 8.42. The highest BCUT2D eigenvalue weighted by molar-refractivity contribution is 7.89. The summed E-state index contributed by atoms with van der Waals surface area (Å²) in [5.74, 6) is -0.0471. The summed E-state index contributed by atoms with van der Waals surface area (Å²) in [6, 6.07) is 4.81. The van der Waals surface area contributed by atoms with Crippen LogP contribution in [-0.2, 0) is 10.0 Å². The van der Waals surface area contributed by atoms with Gasteiger partial charge in [0.05, 0.1) is 10.7 Å². The van der Waals surface area contributed by atoms with Crippen molar-refractivity contribution in [3.05, 3.63) is 33.9 Å². The first kappa shape index (κ1) is 15.7. The molecule has 0 spiro atoms. The van der Waals surface area contributed by atoms with Crippen molar-refractivity contribution in [3.8, 4) is 0 Å². The number of rotatable bonds is 5. The lowest BCUT2D eigenvalue weighted by Crippen LogP contribution is -2.38. The second-order valence-corrected chi connectivity index (χ2v) is 7.20. The summed E-state index contributed by atoms with van der Waals surface area (Å²) < 4.78 is 25.8. The lowest BCUT2D eigenvalue weighted by molar-refractivity contribution is -0.384. The third-order valence-corrected chi connectivity index (χ3v) is 5.18. The number of aryl methyl sites for hydroxylation is 1. The first-order valence-electron chi connectivity index (χ1n) is 6.77. The molecule has 1 saturated heterocycles. The third-order valence-electron chi connectivity index (χ3n) is 3.74. The van der Waals surface area contributed by atoms with Crippen LogP contribution in [0.5, 0.6) is 0 Å². The van der Waals surface area contributed by atoms with E-state index in [9.17, 15) is 18.5 Å². The number of hydrogen-bond acceptors (Lipinski definition) is 5. The van der Waals surface area contributed by atoms with Crippen molar-refractivity contribution in [2.45, 2.75) is 25.8 Å². The fraction of sp³-hybridized carbons (Fsp3) is 0.538. The van der Waals surface area contributed by atoms with Gasteiger partial charge in [-0.15, -0.1) is 0 Å². The van der Waals surface area contributed by atoms with Crippen molar-refractivity contribution in [2.24, 2.45) is 0 Å². The quantitative estimate of drug-likeness (QED) is 0.655. The smallest absolute Gasteiger partial charge is 0.292 e. The lowest BCUT2D eigenvalue weighted by atomic mass is 10.1. The molecule has 8 heteroatoms. The molecule has 1 N–H and O–H groups in total. The monoisotopic (exact) mass is 313 g/mol. The number of nitro groups is 1. The molecule has 1 fully saturated rings. The minimum Gasteiger partial charge on any atom is -0.362 e. The first-order chi connectivity index (χ1) is 9.84. The highest BCUT2D eigenvalue weighted by Crippen LogP contribution is 2.34. The summed E-state index contributed by atoms with van der Waals surface area (Å²) in [7, 11) is -1.97. The fourth-order valence-electron chi connectivity index (χ4n) is 2.69. The molecule has 7 nitrogen and oxygen atoms in total. The zero-order valence-electron chi connectivity index (χ0n) is 12.1. The predicted molar refractivity (Wildman–Crippen MR) is 81.0 cm³/mol. The zero-order valence-corrected chi connectivity index (χ0v) is 12.9. The van der Waals surface area contributed by atoms with Crippen LogP contribution < -0.4 is 9.62 Å². The molecule has 1 atom stereocenters. The van der Waals surface area contributed by atoms with Crippen LogP contribution >= 0.6 is 0 Å². The van der Waals surface area contributed by atoms with E-state index in [1.807, 2.05) is 11.0 Å². The minimum absolute atomic E-state index is 0.0313. The second kappa shape index (κ2) is 5.98. The van der Waals surface area contributed by atoms with E-state index in [0.717, 1.165) is 12.0 Å². The van der Waals surface area contributed by atoms with E-state index in [4.69, 9.17) is 0 Å². The van der Waals surface area contributed by atoms with Crippen LogP contribution in [0.3, 0.4) is 0 Å². The molecule has 1 unspecified atom stereocenters. The summed E-state index contributed by atoms with van der Waals surface area (Å²) in [5.41, 5.74) is 1.34. The van der Waals surface area contributed by atoms with Gasteiger partial charge in [0.25, 0.3) is 5.69 Å². The molecule has 1 aromatic rings. The Morgan fingerprint density at radius 3 is 2.81 bits per heavy atom. The Balaban J connectivity index is 2.34. The topological polar surface area (TPSA) is 92.6 Å². The molecule has 2 rings (SSSR count). The van der Waals surface area contributed by atoms with Crippen LogP contribution in [0.1, 0.15) is 18.4 Å². The molecule has 21 heavy (non-hydrogen) atoms. The van der Waals surface area contributed by atoms with Gasteiger partial charge >= 0.3 is 0 Å². The number of nitrogens with one attached hydrogen (secondary N) is 1. The molecule has 0 saturated carbocycles. The summed E-state index contributed by atoms with van der Waals surface area (Å²) in [6.45, 7) is 2.43. The molecule has 0 amide bonds. The Kier molecular flexibility index (Phi) is 4.48. The molecule has 0 aromatic heterocycles. The van der Waals surface area contributed by atoms with Crippen molar-refractivity contribution in [1.29, 1.82) is 0 Å². The number of sulfonamides is 1. The van der Waals surface area contributed by atoms with Crippen molar-refractivity contribution < 1.29 is 13.3 Å². The van der Waals surface area contributed by atoms with Crippen molar-refractivity contribution in [1.82, 2.24) is 4.72 Å². The maximum atomic E-state index is 11.7. The summed E-state index contributed by atoms with van der Waals surface area (Å²) in [4.78, 5) is 12.7. The van der Waals surface area contributed by atoms with Crippen LogP contribution in [-0.4, -0.2) is 38.7 Å². The summed E-state index contributed by atoms with van der Waals surface area (Å²) >= 11 is 0. The Hall–Kier alpha value is -1.67. The Bertz CT molecular complexity index is 645. The summed E-state index contributed by atoms with van der Waals surface area (Å²) in [5, 5.41) is 11.2. The van der Waals surface area contributed by atoms with Gasteiger partial charge in [0.1, 0.15) is 5.69 Å². The molecule has 1 aliphatic rings. The van der Waals surface area contributed by atoms with Gasteiger partial charge in [0.2, 0.25) is 10.0 Å². The Labute approximate surface area is 124 Å². The van der Waals surface area contributed by atoms with E-state index in [-0.39, 0.29) is 17.5 Å². The molecular formula is C13H19N3O4S. The van der Waals surface area contributed by atoms with Gasteiger partial charge in [0, 0.05) is 18.7 Å². The van der Waals surface area contributed by atoms with Gasteiger partial charge in [-0.3, -0.25) is 10.1 Å². The molecule has 1 aliphatic heterocycles. The molecule has 0 radical (unpaired) electrons. The largest absolute Gasteiger partial charge is 0.362 e. The van der Waals surface area contributed by atoms with Gasteiger partial charge < -0.3 is 4.90 Å². The van der Waals surface area contributed by atoms with E-state index in [1.54, 1.807) is 13.0 Å². The number of nitro benzene ring substituents is 1. The van der Waals surface area contributed by atoms with E-state index in [0.29, 0.717) is 18.7 Å². The highest BCUT2D eigenvalue weighted by Gasteiger charge is 2.32. The van der Waals surface area contributed by atoms with Crippen LogP contribution in [0.2, 0.25) is 0 Å². The molecule has 116 valence electrons. The van der Waals surface area contributed by atoms with E-state index in [2.05, 4.69) is 4.72 Å². The highest BCUT2D eigenvalue weighted by atomic mass is 32.2. The Morgan fingerprint density at radius 1 is 1.48 bits per heavy atom. The van der Waals surface area contributed by atoms with Crippen LogP contribution in [0.4, 0.5) is 11.4 Å². The van der Waals surface area contributed by atoms with Crippen LogP contribution in [0.25, 0.3) is 0 Å².